The van der Waals surface area contributed by atoms with Gasteiger partial charge in [-0.1, -0.05) is 6.07 Å². The Kier molecular flexibility index (Phi) is 4.39. The second-order valence-electron chi connectivity index (χ2n) is 6.70. The monoisotopic (exact) mass is 316 g/mol. The van der Waals surface area contributed by atoms with Gasteiger partial charge >= 0.3 is 0 Å². The molecular formula is C18H24N2O3. The number of carbonyl (C=O) groups is 2. The molecule has 1 aliphatic heterocycles. The maximum absolute atomic E-state index is 13.0. The molecule has 0 bridgehead atoms. The van der Waals surface area contributed by atoms with E-state index in [1.54, 1.807) is 12.0 Å². The van der Waals surface area contributed by atoms with Crippen molar-refractivity contribution < 1.29 is 14.3 Å². The summed E-state index contributed by atoms with van der Waals surface area (Å²) in [7, 11) is 1.60. The number of benzene rings is 1. The summed E-state index contributed by atoms with van der Waals surface area (Å²) in [6.45, 7) is 0.985. The fourth-order valence-electron chi connectivity index (χ4n) is 4.09. The van der Waals surface area contributed by atoms with Crippen LogP contribution in [0.15, 0.2) is 18.2 Å². The Morgan fingerprint density at radius 3 is 2.78 bits per heavy atom. The van der Waals surface area contributed by atoms with Gasteiger partial charge in [0.25, 0.3) is 5.91 Å². The minimum absolute atomic E-state index is 0.0181. The summed E-state index contributed by atoms with van der Waals surface area (Å²) in [5, 5.41) is 0. The fraction of sp³-hybridized carbons (Fsp3) is 0.556. The highest BCUT2D eigenvalue weighted by Gasteiger charge is 2.45. The van der Waals surface area contributed by atoms with E-state index < -0.39 is 11.4 Å². The number of methoxy groups -OCH3 is 1. The van der Waals surface area contributed by atoms with E-state index in [0.717, 1.165) is 32.1 Å². The van der Waals surface area contributed by atoms with Crippen molar-refractivity contribution in [3.05, 3.63) is 34.9 Å². The molecule has 1 aliphatic carbocycles. The van der Waals surface area contributed by atoms with Gasteiger partial charge in [0.05, 0.1) is 18.6 Å². The first-order chi connectivity index (χ1) is 11.1. The van der Waals surface area contributed by atoms with Crippen LogP contribution in [0.2, 0.25) is 0 Å². The quantitative estimate of drug-likeness (QED) is 0.898. The van der Waals surface area contributed by atoms with Gasteiger partial charge in [-0.3, -0.25) is 9.59 Å². The lowest BCUT2D eigenvalue weighted by Crippen LogP contribution is -2.52. The normalized spacial score (nSPS) is 23.1. The molecule has 1 saturated heterocycles. The molecular weight excluding hydrogens is 292 g/mol. The zero-order valence-corrected chi connectivity index (χ0v) is 13.6. The molecule has 0 spiro atoms. The predicted octanol–water partition coefficient (Wildman–Crippen LogP) is 1.67. The number of hydrogen-bond donors (Lipinski definition) is 1. The van der Waals surface area contributed by atoms with Crippen molar-refractivity contribution in [1.29, 1.82) is 0 Å². The minimum Gasteiger partial charge on any atom is -0.382 e. The zero-order chi connectivity index (χ0) is 16.4. The molecule has 1 atom stereocenters. The molecule has 23 heavy (non-hydrogen) atoms. The lowest BCUT2D eigenvalue weighted by molar-refractivity contribution is -0.121. The largest absolute Gasteiger partial charge is 0.382 e. The van der Waals surface area contributed by atoms with Crippen molar-refractivity contribution in [2.24, 2.45) is 5.73 Å². The number of primary amides is 1. The van der Waals surface area contributed by atoms with Gasteiger partial charge in [0, 0.05) is 19.2 Å². The van der Waals surface area contributed by atoms with E-state index in [2.05, 4.69) is 6.07 Å². The highest BCUT2D eigenvalue weighted by atomic mass is 16.5. The second kappa shape index (κ2) is 6.32. The maximum atomic E-state index is 13.0. The summed E-state index contributed by atoms with van der Waals surface area (Å²) < 4.78 is 5.32. The molecule has 1 fully saturated rings. The van der Waals surface area contributed by atoms with Gasteiger partial charge in [0.2, 0.25) is 5.91 Å². The Hall–Kier alpha value is -1.88. The van der Waals surface area contributed by atoms with Crippen molar-refractivity contribution in [3.8, 4) is 0 Å². The minimum atomic E-state index is -0.601. The van der Waals surface area contributed by atoms with E-state index in [0.29, 0.717) is 18.7 Å². The molecule has 0 saturated carbocycles. The lowest BCUT2D eigenvalue weighted by atomic mass is 9.91. The molecule has 0 radical (unpaired) electrons. The van der Waals surface area contributed by atoms with Gasteiger partial charge in [-0.05, 0) is 55.4 Å². The molecule has 2 aliphatic rings. The molecule has 5 nitrogen and oxygen atoms in total. The highest BCUT2D eigenvalue weighted by Crippen LogP contribution is 2.34. The number of amides is 2. The Balaban J connectivity index is 1.88. The van der Waals surface area contributed by atoms with Crippen molar-refractivity contribution in [3.63, 3.8) is 0 Å². The number of aryl methyl sites for hydroxylation is 2. The van der Waals surface area contributed by atoms with E-state index in [9.17, 15) is 9.59 Å². The topological polar surface area (TPSA) is 72.6 Å². The van der Waals surface area contributed by atoms with Crippen molar-refractivity contribution in [2.75, 3.05) is 20.3 Å². The molecule has 124 valence electrons. The van der Waals surface area contributed by atoms with Crippen LogP contribution >= 0.6 is 0 Å². The maximum Gasteiger partial charge on any atom is 0.254 e. The smallest absolute Gasteiger partial charge is 0.254 e. The highest BCUT2D eigenvalue weighted by molar-refractivity contribution is 5.95. The Morgan fingerprint density at radius 1 is 1.26 bits per heavy atom. The molecule has 3 rings (SSSR count). The van der Waals surface area contributed by atoms with E-state index in [1.165, 1.54) is 11.1 Å². The van der Waals surface area contributed by atoms with Gasteiger partial charge in [-0.25, -0.2) is 0 Å². The number of ether oxygens (including phenoxy) is 1. The summed E-state index contributed by atoms with van der Waals surface area (Å²) >= 11 is 0. The summed E-state index contributed by atoms with van der Waals surface area (Å²) in [6, 6.07) is 6.00. The van der Waals surface area contributed by atoms with Crippen LogP contribution in [0, 0.1) is 0 Å². The van der Waals surface area contributed by atoms with E-state index in [4.69, 9.17) is 10.5 Å². The molecule has 1 heterocycles. The summed E-state index contributed by atoms with van der Waals surface area (Å²) in [6.07, 6.45) is 5.07. The van der Waals surface area contributed by atoms with E-state index in [-0.39, 0.29) is 12.3 Å². The first-order valence-electron chi connectivity index (χ1n) is 8.27. The standard InChI is InChI=1S/C18H24N2O3/c1-23-12-18(11-16(19)21)8-3-9-20(18)17(22)15-7-6-13-4-2-5-14(13)10-15/h6-7,10H,2-5,8-9,11-12H2,1H3,(H2,19,21)/t18-/m1/s1. The number of likely N-dealkylation sites (tertiary alicyclic amines) is 1. The van der Waals surface area contributed by atoms with Crippen molar-refractivity contribution in [2.45, 2.75) is 44.1 Å². The van der Waals surface area contributed by atoms with Gasteiger partial charge < -0.3 is 15.4 Å². The Morgan fingerprint density at radius 2 is 2.04 bits per heavy atom. The zero-order valence-electron chi connectivity index (χ0n) is 13.6. The number of hydrogen-bond acceptors (Lipinski definition) is 3. The van der Waals surface area contributed by atoms with Crippen LogP contribution in [0.1, 0.15) is 47.2 Å². The van der Waals surface area contributed by atoms with Crippen molar-refractivity contribution >= 4 is 11.8 Å². The lowest BCUT2D eigenvalue weighted by Gasteiger charge is -2.37. The second-order valence-corrected chi connectivity index (χ2v) is 6.70. The fourth-order valence-corrected chi connectivity index (χ4v) is 4.09. The molecule has 0 unspecified atom stereocenters. The van der Waals surface area contributed by atoms with Crippen molar-refractivity contribution in [1.82, 2.24) is 4.90 Å². The van der Waals surface area contributed by atoms with Crippen LogP contribution in [-0.2, 0) is 22.4 Å². The number of fused-ring (bicyclic) bond motifs is 1. The van der Waals surface area contributed by atoms with Gasteiger partial charge in [-0.15, -0.1) is 0 Å². The van der Waals surface area contributed by atoms with E-state index in [1.807, 2.05) is 12.1 Å². The van der Waals surface area contributed by atoms with Gasteiger partial charge in [0.15, 0.2) is 0 Å². The average Bonchev–Trinajstić information content (AvgIpc) is 3.12. The van der Waals surface area contributed by atoms with Crippen LogP contribution in [-0.4, -0.2) is 42.5 Å². The number of carbonyl (C=O) groups excluding carboxylic acids is 2. The molecule has 1 aromatic rings. The van der Waals surface area contributed by atoms with Crippen LogP contribution in [0.4, 0.5) is 0 Å². The first kappa shape index (κ1) is 16.0. The van der Waals surface area contributed by atoms with E-state index >= 15 is 0 Å². The summed E-state index contributed by atoms with van der Waals surface area (Å²) in [5.41, 5.74) is 8.17. The van der Waals surface area contributed by atoms with Crippen LogP contribution in [0.25, 0.3) is 0 Å². The molecule has 2 amide bonds. The van der Waals surface area contributed by atoms with Crippen LogP contribution in [0.3, 0.4) is 0 Å². The number of nitrogens with two attached hydrogens (primary N) is 1. The summed E-state index contributed by atoms with van der Waals surface area (Å²) in [5.74, 6) is -0.411. The predicted molar refractivity (Wildman–Crippen MR) is 87.2 cm³/mol. The Bertz CT molecular complexity index is 629. The third kappa shape index (κ3) is 2.98. The van der Waals surface area contributed by atoms with Crippen LogP contribution < -0.4 is 5.73 Å². The first-order valence-corrected chi connectivity index (χ1v) is 8.27. The SMILES string of the molecule is COC[C@]1(CC(N)=O)CCCN1C(=O)c1ccc2c(c1)CCC2. The number of nitrogens with zero attached hydrogens (tertiary/aromatic N) is 1. The molecule has 0 aromatic heterocycles. The molecule has 1 aromatic carbocycles. The third-order valence-electron chi connectivity index (χ3n) is 5.10. The molecule has 5 heteroatoms. The molecule has 2 N–H and O–H groups in total. The Labute approximate surface area is 136 Å². The average molecular weight is 316 g/mol. The third-order valence-corrected chi connectivity index (χ3v) is 5.10. The number of rotatable bonds is 5. The van der Waals surface area contributed by atoms with Gasteiger partial charge in [-0.2, -0.15) is 0 Å². The van der Waals surface area contributed by atoms with Gasteiger partial charge in [0.1, 0.15) is 0 Å². The summed E-state index contributed by atoms with van der Waals surface area (Å²) in [4.78, 5) is 26.4. The van der Waals surface area contributed by atoms with Crippen LogP contribution in [0.5, 0.6) is 0 Å².